The summed E-state index contributed by atoms with van der Waals surface area (Å²) in [4.78, 5) is 16.7. The van der Waals surface area contributed by atoms with Crippen LogP contribution in [0, 0.1) is 0 Å². The van der Waals surface area contributed by atoms with E-state index in [2.05, 4.69) is 17.2 Å². The average molecular weight is 314 g/mol. The van der Waals surface area contributed by atoms with Crippen LogP contribution < -0.4 is 5.32 Å². The number of carbonyl (C=O) groups excluding carboxylic acids is 1. The zero-order chi connectivity index (χ0) is 14.7. The van der Waals surface area contributed by atoms with Crippen LogP contribution in [-0.4, -0.2) is 10.9 Å². The van der Waals surface area contributed by atoms with Gasteiger partial charge in [-0.05, 0) is 29.5 Å². The first-order chi connectivity index (χ1) is 10.3. The number of hydrogen-bond acceptors (Lipinski definition) is 4. The number of aryl methyl sites for hydroxylation is 1. The number of anilines is 1. The summed E-state index contributed by atoms with van der Waals surface area (Å²) in [5.74, 6) is -0.159. The molecule has 0 fully saturated rings. The third-order valence-electron chi connectivity index (χ3n) is 3.15. The maximum absolute atomic E-state index is 12.3. The number of benzene rings is 1. The molecule has 0 aliphatic heterocycles. The Kier molecular flexibility index (Phi) is 4.13. The minimum atomic E-state index is -0.159. The van der Waals surface area contributed by atoms with Crippen molar-refractivity contribution in [2.45, 2.75) is 13.3 Å². The lowest BCUT2D eigenvalue weighted by molar-refractivity contribution is 0.102. The fourth-order valence-electron chi connectivity index (χ4n) is 2.03. The summed E-state index contributed by atoms with van der Waals surface area (Å²) in [6.07, 6.45) is 0.883. The number of hydrogen-bond donors (Lipinski definition) is 1. The van der Waals surface area contributed by atoms with Crippen molar-refractivity contribution in [2.24, 2.45) is 0 Å². The quantitative estimate of drug-likeness (QED) is 0.759. The highest BCUT2D eigenvalue weighted by Crippen LogP contribution is 2.26. The first kappa shape index (κ1) is 14.0. The number of nitrogens with zero attached hydrogens (tertiary/aromatic N) is 1. The lowest BCUT2D eigenvalue weighted by atomic mass is 10.1. The Morgan fingerprint density at radius 2 is 2.10 bits per heavy atom. The van der Waals surface area contributed by atoms with Gasteiger partial charge in [-0.1, -0.05) is 25.1 Å². The smallest absolute Gasteiger partial charge is 0.275 e. The van der Waals surface area contributed by atoms with Gasteiger partial charge >= 0.3 is 0 Å². The highest BCUT2D eigenvalue weighted by Gasteiger charge is 2.13. The normalized spacial score (nSPS) is 10.5. The van der Waals surface area contributed by atoms with Gasteiger partial charge in [0.1, 0.15) is 10.7 Å². The topological polar surface area (TPSA) is 42.0 Å². The highest BCUT2D eigenvalue weighted by molar-refractivity contribution is 7.14. The number of aromatic nitrogens is 1. The molecule has 3 aromatic rings. The first-order valence-electron chi connectivity index (χ1n) is 6.65. The van der Waals surface area contributed by atoms with Crippen LogP contribution in [0.15, 0.2) is 46.5 Å². The molecule has 0 unspecified atom stereocenters. The molecule has 0 bridgehead atoms. The fraction of sp³-hybridized carbons (Fsp3) is 0.125. The lowest BCUT2D eigenvalue weighted by Crippen LogP contribution is -2.13. The van der Waals surface area contributed by atoms with Crippen molar-refractivity contribution in [3.8, 4) is 10.6 Å². The summed E-state index contributed by atoms with van der Waals surface area (Å²) in [6, 6.07) is 9.85. The Morgan fingerprint density at radius 3 is 2.86 bits per heavy atom. The largest absolute Gasteiger partial charge is 0.320 e. The molecule has 1 N–H and O–H groups in total. The molecule has 1 aromatic carbocycles. The van der Waals surface area contributed by atoms with Crippen molar-refractivity contribution in [3.05, 3.63) is 57.7 Å². The summed E-state index contributed by atoms with van der Waals surface area (Å²) >= 11 is 3.12. The highest BCUT2D eigenvalue weighted by atomic mass is 32.1. The lowest BCUT2D eigenvalue weighted by Gasteiger charge is -2.08. The molecule has 5 heteroatoms. The number of para-hydroxylation sites is 1. The summed E-state index contributed by atoms with van der Waals surface area (Å²) < 4.78 is 0. The Bertz CT molecular complexity index is 747. The van der Waals surface area contributed by atoms with E-state index in [0.717, 1.165) is 28.2 Å². The summed E-state index contributed by atoms with van der Waals surface area (Å²) in [5.41, 5.74) is 3.51. The van der Waals surface area contributed by atoms with E-state index in [1.54, 1.807) is 16.7 Å². The monoisotopic (exact) mass is 314 g/mol. The standard InChI is InChI=1S/C16H14N2OS2/c1-2-11-5-3-4-6-13(11)17-15(19)14-10-21-16(18-14)12-7-8-20-9-12/h3-10H,2H2,1H3,(H,17,19). The number of rotatable bonds is 4. The van der Waals surface area contributed by atoms with Crippen LogP contribution in [0.5, 0.6) is 0 Å². The third-order valence-corrected chi connectivity index (χ3v) is 4.73. The van der Waals surface area contributed by atoms with Gasteiger partial charge in [-0.2, -0.15) is 11.3 Å². The van der Waals surface area contributed by atoms with E-state index < -0.39 is 0 Å². The molecule has 0 saturated carbocycles. The number of thiazole rings is 1. The van der Waals surface area contributed by atoms with Gasteiger partial charge in [0.25, 0.3) is 5.91 Å². The van der Waals surface area contributed by atoms with Gasteiger partial charge in [-0.15, -0.1) is 11.3 Å². The van der Waals surface area contributed by atoms with Crippen LogP contribution in [0.4, 0.5) is 5.69 Å². The number of amides is 1. The van der Waals surface area contributed by atoms with E-state index in [1.807, 2.05) is 41.1 Å². The predicted octanol–water partition coefficient (Wildman–Crippen LogP) is 4.69. The second-order valence-corrected chi connectivity index (χ2v) is 6.15. The molecule has 106 valence electrons. The molecule has 1 amide bonds. The van der Waals surface area contributed by atoms with Gasteiger partial charge in [0.2, 0.25) is 0 Å². The van der Waals surface area contributed by atoms with Gasteiger partial charge in [-0.3, -0.25) is 4.79 Å². The van der Waals surface area contributed by atoms with E-state index in [1.165, 1.54) is 11.3 Å². The molecule has 3 nitrogen and oxygen atoms in total. The average Bonchev–Trinajstić information content (AvgIpc) is 3.18. The Balaban J connectivity index is 1.80. The minimum absolute atomic E-state index is 0.159. The van der Waals surface area contributed by atoms with Crippen molar-refractivity contribution < 1.29 is 4.79 Å². The molecule has 2 heterocycles. The summed E-state index contributed by atoms with van der Waals surface area (Å²) in [6.45, 7) is 2.07. The molecule has 0 radical (unpaired) electrons. The van der Waals surface area contributed by atoms with Gasteiger partial charge < -0.3 is 5.32 Å². The molecule has 0 aliphatic carbocycles. The number of nitrogens with one attached hydrogen (secondary N) is 1. The van der Waals surface area contributed by atoms with E-state index in [9.17, 15) is 4.79 Å². The van der Waals surface area contributed by atoms with Crippen LogP contribution in [-0.2, 0) is 6.42 Å². The van der Waals surface area contributed by atoms with Crippen molar-refractivity contribution in [1.82, 2.24) is 4.98 Å². The predicted molar refractivity (Wildman–Crippen MR) is 89.2 cm³/mol. The molecule has 0 atom stereocenters. The molecule has 0 saturated heterocycles. The number of thiophene rings is 1. The molecule has 0 spiro atoms. The SMILES string of the molecule is CCc1ccccc1NC(=O)c1csc(-c2ccsc2)n1. The number of carbonyl (C=O) groups is 1. The van der Waals surface area contributed by atoms with Gasteiger partial charge in [0, 0.05) is 22.0 Å². The molecule has 0 aliphatic rings. The van der Waals surface area contributed by atoms with Crippen molar-refractivity contribution in [2.75, 3.05) is 5.32 Å². The zero-order valence-corrected chi connectivity index (χ0v) is 13.1. The van der Waals surface area contributed by atoms with E-state index >= 15 is 0 Å². The van der Waals surface area contributed by atoms with Crippen LogP contribution in [0.25, 0.3) is 10.6 Å². The third kappa shape index (κ3) is 3.04. The van der Waals surface area contributed by atoms with Gasteiger partial charge in [0.15, 0.2) is 0 Å². The van der Waals surface area contributed by atoms with E-state index in [-0.39, 0.29) is 5.91 Å². The van der Waals surface area contributed by atoms with Crippen LogP contribution >= 0.6 is 22.7 Å². The molecular weight excluding hydrogens is 300 g/mol. The molecule has 3 rings (SSSR count). The van der Waals surface area contributed by atoms with E-state index in [4.69, 9.17) is 0 Å². The second kappa shape index (κ2) is 6.20. The van der Waals surface area contributed by atoms with Crippen molar-refractivity contribution in [1.29, 1.82) is 0 Å². The minimum Gasteiger partial charge on any atom is -0.320 e. The van der Waals surface area contributed by atoms with Crippen LogP contribution in [0.1, 0.15) is 23.0 Å². The first-order valence-corrected chi connectivity index (χ1v) is 8.47. The maximum Gasteiger partial charge on any atom is 0.275 e. The van der Waals surface area contributed by atoms with E-state index in [0.29, 0.717) is 5.69 Å². The Labute approximate surface area is 131 Å². The van der Waals surface area contributed by atoms with Gasteiger partial charge in [-0.25, -0.2) is 4.98 Å². The maximum atomic E-state index is 12.3. The van der Waals surface area contributed by atoms with Crippen molar-refractivity contribution >= 4 is 34.3 Å². The Morgan fingerprint density at radius 1 is 1.24 bits per heavy atom. The van der Waals surface area contributed by atoms with Gasteiger partial charge in [0.05, 0.1) is 0 Å². The fourth-order valence-corrected chi connectivity index (χ4v) is 3.55. The zero-order valence-electron chi connectivity index (χ0n) is 11.5. The van der Waals surface area contributed by atoms with Crippen molar-refractivity contribution in [3.63, 3.8) is 0 Å². The molecular formula is C16H14N2OS2. The summed E-state index contributed by atoms with van der Waals surface area (Å²) in [5, 5.41) is 9.67. The summed E-state index contributed by atoms with van der Waals surface area (Å²) in [7, 11) is 0. The molecule has 21 heavy (non-hydrogen) atoms. The Hall–Kier alpha value is -1.98. The van der Waals surface area contributed by atoms with Crippen LogP contribution in [0.2, 0.25) is 0 Å². The van der Waals surface area contributed by atoms with Crippen LogP contribution in [0.3, 0.4) is 0 Å². The molecule has 2 aromatic heterocycles. The second-order valence-electron chi connectivity index (χ2n) is 4.51.